The van der Waals surface area contributed by atoms with E-state index >= 15 is 0 Å². The van der Waals surface area contributed by atoms with Crippen LogP contribution in [0.2, 0.25) is 0 Å². The first-order valence-electron chi connectivity index (χ1n) is 5.75. The van der Waals surface area contributed by atoms with Crippen molar-refractivity contribution in [3.63, 3.8) is 0 Å². The van der Waals surface area contributed by atoms with Crippen molar-refractivity contribution in [2.75, 3.05) is 13.2 Å². The molecule has 1 atom stereocenters. The topological polar surface area (TPSA) is 27.7 Å². The summed E-state index contributed by atoms with van der Waals surface area (Å²) in [5.74, 6) is 0.469. The minimum absolute atomic E-state index is 0.147. The van der Waals surface area contributed by atoms with Crippen molar-refractivity contribution in [3.05, 3.63) is 27.8 Å². The van der Waals surface area contributed by atoms with Crippen molar-refractivity contribution in [3.8, 4) is 5.75 Å². The Morgan fingerprint density at radius 2 is 2.06 bits per heavy atom. The summed E-state index contributed by atoms with van der Waals surface area (Å²) in [7, 11) is 0. The van der Waals surface area contributed by atoms with Gasteiger partial charge >= 0.3 is 0 Å². The number of halogens is 1. The predicted octanol–water partition coefficient (Wildman–Crippen LogP) is 3.21. The van der Waals surface area contributed by atoms with Crippen molar-refractivity contribution in [2.24, 2.45) is 0 Å². The minimum Gasteiger partial charge on any atom is -0.493 e. The Hall–Kier alpha value is -0.330. The predicted molar refractivity (Wildman–Crippen MR) is 74.2 cm³/mol. The Morgan fingerprint density at radius 3 is 2.65 bits per heavy atom. The Kier molecular flexibility index (Phi) is 4.27. The molecule has 1 aromatic carbocycles. The van der Waals surface area contributed by atoms with Crippen molar-refractivity contribution in [1.82, 2.24) is 0 Å². The van der Waals surface area contributed by atoms with E-state index in [4.69, 9.17) is 14.2 Å². The lowest BCUT2D eigenvalue weighted by atomic mass is 10.3. The standard InChI is InChI=1S/C13H17IO3/c1-13(2)16-9-12(17-13)7-8-15-11-5-3-10(14)4-6-11/h3-6,12H,7-9H2,1-2H3. The zero-order chi connectivity index (χ0) is 12.3. The van der Waals surface area contributed by atoms with E-state index < -0.39 is 5.79 Å². The number of hydrogen-bond acceptors (Lipinski definition) is 3. The van der Waals surface area contributed by atoms with Gasteiger partial charge in [-0.25, -0.2) is 0 Å². The Balaban J connectivity index is 1.71. The number of rotatable bonds is 4. The quantitative estimate of drug-likeness (QED) is 0.782. The van der Waals surface area contributed by atoms with E-state index in [0.717, 1.165) is 12.2 Å². The van der Waals surface area contributed by atoms with Crippen LogP contribution in [0.1, 0.15) is 20.3 Å². The van der Waals surface area contributed by atoms with Gasteiger partial charge in [0.1, 0.15) is 5.75 Å². The van der Waals surface area contributed by atoms with Gasteiger partial charge in [-0.1, -0.05) is 0 Å². The number of ether oxygens (including phenoxy) is 3. The summed E-state index contributed by atoms with van der Waals surface area (Å²) in [5.41, 5.74) is 0. The Bertz CT molecular complexity index is 361. The van der Waals surface area contributed by atoms with Crippen LogP contribution in [-0.2, 0) is 9.47 Å². The smallest absolute Gasteiger partial charge is 0.163 e. The first-order chi connectivity index (χ1) is 8.05. The molecule has 94 valence electrons. The van der Waals surface area contributed by atoms with Crippen LogP contribution in [0.5, 0.6) is 5.75 Å². The molecule has 1 aliphatic heterocycles. The van der Waals surface area contributed by atoms with Crippen molar-refractivity contribution < 1.29 is 14.2 Å². The molecule has 1 unspecified atom stereocenters. The van der Waals surface area contributed by atoms with Crippen LogP contribution in [-0.4, -0.2) is 25.1 Å². The van der Waals surface area contributed by atoms with Gasteiger partial charge in [0.25, 0.3) is 0 Å². The highest BCUT2D eigenvalue weighted by Gasteiger charge is 2.32. The fourth-order valence-electron chi connectivity index (χ4n) is 1.74. The molecule has 0 amide bonds. The molecule has 0 N–H and O–H groups in total. The van der Waals surface area contributed by atoms with E-state index in [1.54, 1.807) is 0 Å². The Morgan fingerprint density at radius 1 is 1.35 bits per heavy atom. The zero-order valence-corrected chi connectivity index (χ0v) is 12.3. The maximum atomic E-state index is 5.70. The van der Waals surface area contributed by atoms with Gasteiger partial charge in [0.15, 0.2) is 5.79 Å². The summed E-state index contributed by atoms with van der Waals surface area (Å²) in [5, 5.41) is 0. The van der Waals surface area contributed by atoms with Gasteiger partial charge in [0, 0.05) is 9.99 Å². The SMILES string of the molecule is CC1(C)OCC(CCOc2ccc(I)cc2)O1. The van der Waals surface area contributed by atoms with Crippen LogP contribution < -0.4 is 4.74 Å². The zero-order valence-electron chi connectivity index (χ0n) is 10.1. The molecule has 4 heteroatoms. The number of benzene rings is 1. The summed E-state index contributed by atoms with van der Waals surface area (Å²) in [6, 6.07) is 8.04. The van der Waals surface area contributed by atoms with Crippen LogP contribution in [0.15, 0.2) is 24.3 Å². The molecule has 0 bridgehead atoms. The highest BCUT2D eigenvalue weighted by molar-refractivity contribution is 14.1. The van der Waals surface area contributed by atoms with E-state index in [-0.39, 0.29) is 6.10 Å². The highest BCUT2D eigenvalue weighted by Crippen LogP contribution is 2.24. The van der Waals surface area contributed by atoms with Crippen LogP contribution in [0.4, 0.5) is 0 Å². The molecule has 0 aromatic heterocycles. The lowest BCUT2D eigenvalue weighted by Gasteiger charge is -2.17. The molecular formula is C13H17IO3. The second-order valence-electron chi connectivity index (χ2n) is 4.54. The molecule has 0 radical (unpaired) electrons. The summed E-state index contributed by atoms with van der Waals surface area (Å²) in [6.07, 6.45) is 1.00. The largest absolute Gasteiger partial charge is 0.493 e. The third kappa shape index (κ3) is 4.12. The van der Waals surface area contributed by atoms with Gasteiger partial charge in [0.2, 0.25) is 0 Å². The number of hydrogen-bond donors (Lipinski definition) is 0. The lowest BCUT2D eigenvalue weighted by molar-refractivity contribution is -0.139. The Labute approximate surface area is 116 Å². The summed E-state index contributed by atoms with van der Waals surface area (Å²) < 4.78 is 18.1. The molecular weight excluding hydrogens is 331 g/mol. The monoisotopic (exact) mass is 348 g/mol. The van der Waals surface area contributed by atoms with Gasteiger partial charge in [-0.05, 0) is 60.7 Å². The van der Waals surface area contributed by atoms with Crippen LogP contribution in [0.25, 0.3) is 0 Å². The van der Waals surface area contributed by atoms with Crippen LogP contribution >= 0.6 is 22.6 Å². The molecule has 1 aromatic rings. The van der Waals surface area contributed by atoms with Gasteiger partial charge in [-0.15, -0.1) is 0 Å². The summed E-state index contributed by atoms with van der Waals surface area (Å²) in [6.45, 7) is 5.19. The molecule has 0 spiro atoms. The van der Waals surface area contributed by atoms with Gasteiger partial charge < -0.3 is 14.2 Å². The van der Waals surface area contributed by atoms with Gasteiger partial charge in [-0.3, -0.25) is 0 Å². The van der Waals surface area contributed by atoms with Crippen molar-refractivity contribution >= 4 is 22.6 Å². The fraction of sp³-hybridized carbons (Fsp3) is 0.538. The molecule has 3 nitrogen and oxygen atoms in total. The van der Waals surface area contributed by atoms with Crippen LogP contribution in [0.3, 0.4) is 0 Å². The second kappa shape index (κ2) is 5.54. The first-order valence-corrected chi connectivity index (χ1v) is 6.83. The lowest BCUT2D eigenvalue weighted by Crippen LogP contribution is -2.22. The first kappa shape index (κ1) is 13.1. The fourth-order valence-corrected chi connectivity index (χ4v) is 2.10. The highest BCUT2D eigenvalue weighted by atomic mass is 127. The molecule has 0 saturated carbocycles. The maximum absolute atomic E-state index is 5.70. The average Bonchev–Trinajstić information content (AvgIpc) is 2.61. The van der Waals surface area contributed by atoms with E-state index in [0.29, 0.717) is 13.2 Å². The third-order valence-corrected chi connectivity index (χ3v) is 3.31. The maximum Gasteiger partial charge on any atom is 0.163 e. The molecule has 0 aliphatic carbocycles. The van der Waals surface area contributed by atoms with Crippen molar-refractivity contribution in [1.29, 1.82) is 0 Å². The summed E-state index contributed by atoms with van der Waals surface area (Å²) in [4.78, 5) is 0. The molecule has 1 heterocycles. The normalized spacial score (nSPS) is 22.6. The molecule has 1 saturated heterocycles. The van der Waals surface area contributed by atoms with Gasteiger partial charge in [0.05, 0.1) is 19.3 Å². The molecule has 17 heavy (non-hydrogen) atoms. The van der Waals surface area contributed by atoms with Crippen LogP contribution in [0, 0.1) is 3.57 Å². The molecule has 2 rings (SSSR count). The molecule has 1 aliphatic rings. The summed E-state index contributed by atoms with van der Waals surface area (Å²) >= 11 is 2.28. The van der Waals surface area contributed by atoms with E-state index in [1.807, 2.05) is 38.1 Å². The average molecular weight is 348 g/mol. The third-order valence-electron chi connectivity index (χ3n) is 2.59. The van der Waals surface area contributed by atoms with E-state index in [2.05, 4.69) is 22.6 Å². The molecule has 1 fully saturated rings. The van der Waals surface area contributed by atoms with E-state index in [1.165, 1.54) is 3.57 Å². The van der Waals surface area contributed by atoms with E-state index in [9.17, 15) is 0 Å². The van der Waals surface area contributed by atoms with Crippen molar-refractivity contribution in [2.45, 2.75) is 32.2 Å². The van der Waals surface area contributed by atoms with Gasteiger partial charge in [-0.2, -0.15) is 0 Å². The second-order valence-corrected chi connectivity index (χ2v) is 5.79. The minimum atomic E-state index is -0.437.